The molecule has 0 fully saturated rings. The number of hydrogen-bond donors (Lipinski definition) is 1. The quantitative estimate of drug-likeness (QED) is 0.388. The van der Waals surface area contributed by atoms with E-state index < -0.39 is 11.2 Å². The second kappa shape index (κ2) is 10.9. The molecule has 1 amide bonds. The summed E-state index contributed by atoms with van der Waals surface area (Å²) in [5.74, 6) is 0.802. The number of fused-ring (bicyclic) bond motifs is 1. The molecular weight excluding hydrogens is 460 g/mol. The van der Waals surface area contributed by atoms with Crippen LogP contribution in [0.5, 0.6) is 11.5 Å². The molecular formula is C27H28N4O5. The number of carbonyl (C=O) groups is 1. The predicted molar refractivity (Wildman–Crippen MR) is 137 cm³/mol. The molecule has 36 heavy (non-hydrogen) atoms. The monoisotopic (exact) mass is 488 g/mol. The number of carbonyl (C=O) groups excluding carboxylic acids is 1. The smallest absolute Gasteiger partial charge is 0.333 e. The van der Waals surface area contributed by atoms with Gasteiger partial charge in [-0.25, -0.2) is 9.78 Å². The van der Waals surface area contributed by atoms with Crippen LogP contribution in [-0.4, -0.2) is 34.2 Å². The number of aromatic nitrogens is 3. The molecule has 4 rings (SSSR count). The largest absolute Gasteiger partial charge is 0.493 e. The third-order valence-corrected chi connectivity index (χ3v) is 5.96. The Kier molecular flexibility index (Phi) is 7.48. The summed E-state index contributed by atoms with van der Waals surface area (Å²) in [6, 6.07) is 16.5. The van der Waals surface area contributed by atoms with Crippen LogP contribution in [-0.2, 0) is 30.8 Å². The number of amides is 1. The molecule has 0 spiro atoms. The lowest BCUT2D eigenvalue weighted by Gasteiger charge is -2.14. The summed E-state index contributed by atoms with van der Waals surface area (Å²) in [5.41, 5.74) is 2.10. The van der Waals surface area contributed by atoms with Gasteiger partial charge in [-0.15, -0.1) is 0 Å². The summed E-state index contributed by atoms with van der Waals surface area (Å²) in [7, 11) is 3.10. The lowest BCUT2D eigenvalue weighted by Crippen LogP contribution is -2.43. The Balaban J connectivity index is 1.60. The molecule has 0 aliphatic heterocycles. The van der Waals surface area contributed by atoms with Crippen molar-refractivity contribution in [1.82, 2.24) is 19.4 Å². The molecule has 186 valence electrons. The molecule has 2 aromatic carbocycles. The first-order chi connectivity index (χ1) is 17.4. The highest BCUT2D eigenvalue weighted by Crippen LogP contribution is 2.27. The van der Waals surface area contributed by atoms with Gasteiger partial charge in [0.1, 0.15) is 12.2 Å². The van der Waals surface area contributed by atoms with Gasteiger partial charge in [0.2, 0.25) is 5.91 Å². The molecule has 0 bridgehead atoms. The maximum atomic E-state index is 13.4. The van der Waals surface area contributed by atoms with Crippen LogP contribution < -0.4 is 26.0 Å². The molecule has 2 heterocycles. The van der Waals surface area contributed by atoms with Crippen LogP contribution in [0.1, 0.15) is 16.7 Å². The highest BCUT2D eigenvalue weighted by Gasteiger charge is 2.16. The fraction of sp³-hybridized carbons (Fsp3) is 0.259. The Morgan fingerprint density at radius 1 is 0.944 bits per heavy atom. The van der Waals surface area contributed by atoms with Gasteiger partial charge >= 0.3 is 5.69 Å². The van der Waals surface area contributed by atoms with Gasteiger partial charge < -0.3 is 14.8 Å². The van der Waals surface area contributed by atoms with Gasteiger partial charge in [-0.1, -0.05) is 35.9 Å². The minimum Gasteiger partial charge on any atom is -0.493 e. The minimum atomic E-state index is -0.586. The van der Waals surface area contributed by atoms with Gasteiger partial charge in [0, 0.05) is 19.3 Å². The van der Waals surface area contributed by atoms with Crippen molar-refractivity contribution >= 4 is 16.9 Å². The molecule has 9 heteroatoms. The molecule has 0 aliphatic rings. The Morgan fingerprint density at radius 2 is 1.67 bits per heavy atom. The average molecular weight is 489 g/mol. The number of pyridine rings is 1. The SMILES string of the molecule is COc1ccc(CCn2c(=O)c3cccnc3n(CC(=O)NCc3ccc(C)cc3)c2=O)cc1OC. The Morgan fingerprint density at radius 3 is 2.39 bits per heavy atom. The summed E-state index contributed by atoms with van der Waals surface area (Å²) in [6.07, 6.45) is 1.90. The lowest BCUT2D eigenvalue weighted by atomic mass is 10.1. The third-order valence-electron chi connectivity index (χ3n) is 5.96. The Hall–Kier alpha value is -4.40. The van der Waals surface area contributed by atoms with Crippen LogP contribution >= 0.6 is 0 Å². The molecule has 4 aromatic rings. The van der Waals surface area contributed by atoms with E-state index in [0.717, 1.165) is 21.3 Å². The minimum absolute atomic E-state index is 0.128. The second-order valence-corrected chi connectivity index (χ2v) is 8.40. The highest BCUT2D eigenvalue weighted by atomic mass is 16.5. The fourth-order valence-electron chi connectivity index (χ4n) is 3.97. The first kappa shape index (κ1) is 24.7. The fourth-order valence-corrected chi connectivity index (χ4v) is 3.97. The number of ether oxygens (including phenoxy) is 2. The zero-order chi connectivity index (χ0) is 25.7. The van der Waals surface area contributed by atoms with Gasteiger partial charge in [-0.3, -0.25) is 18.7 Å². The summed E-state index contributed by atoms with van der Waals surface area (Å²) < 4.78 is 13.0. The average Bonchev–Trinajstić information content (AvgIpc) is 2.90. The van der Waals surface area contributed by atoms with Crippen LogP contribution in [0, 0.1) is 6.92 Å². The van der Waals surface area contributed by atoms with E-state index in [1.807, 2.05) is 43.3 Å². The van der Waals surface area contributed by atoms with E-state index in [4.69, 9.17) is 9.47 Å². The molecule has 0 unspecified atom stereocenters. The van der Waals surface area contributed by atoms with Crippen molar-refractivity contribution in [2.75, 3.05) is 14.2 Å². The number of nitrogens with one attached hydrogen (secondary N) is 1. The highest BCUT2D eigenvalue weighted by molar-refractivity contribution is 5.79. The Bertz CT molecular complexity index is 1510. The van der Waals surface area contributed by atoms with Crippen LogP contribution in [0.25, 0.3) is 11.0 Å². The van der Waals surface area contributed by atoms with Gasteiger partial charge in [0.15, 0.2) is 11.5 Å². The zero-order valence-corrected chi connectivity index (χ0v) is 20.5. The standard InChI is InChI=1S/C27H28N4O5/c1-18-6-8-20(9-7-18)16-29-24(32)17-31-25-21(5-4-13-28-25)26(33)30(27(31)34)14-12-19-10-11-22(35-2)23(15-19)36-3/h4-11,13,15H,12,14,16-17H2,1-3H3,(H,29,32). The third kappa shape index (κ3) is 5.30. The summed E-state index contributed by atoms with van der Waals surface area (Å²) in [4.78, 5) is 43.5. The van der Waals surface area contributed by atoms with E-state index in [2.05, 4.69) is 10.3 Å². The van der Waals surface area contributed by atoms with Crippen molar-refractivity contribution in [3.8, 4) is 11.5 Å². The van der Waals surface area contributed by atoms with Crippen molar-refractivity contribution in [2.45, 2.75) is 33.0 Å². The number of benzene rings is 2. The van der Waals surface area contributed by atoms with Crippen molar-refractivity contribution in [3.05, 3.63) is 98.3 Å². The molecule has 2 aromatic heterocycles. The molecule has 0 saturated carbocycles. The first-order valence-corrected chi connectivity index (χ1v) is 11.5. The predicted octanol–water partition coefficient (Wildman–Crippen LogP) is 2.44. The summed E-state index contributed by atoms with van der Waals surface area (Å²) in [6.45, 7) is 2.20. The van der Waals surface area contributed by atoms with Gasteiger partial charge in [0.25, 0.3) is 5.56 Å². The van der Waals surface area contributed by atoms with E-state index >= 15 is 0 Å². The van der Waals surface area contributed by atoms with E-state index in [0.29, 0.717) is 24.5 Å². The Labute approximate surface area is 207 Å². The van der Waals surface area contributed by atoms with Crippen LogP contribution in [0.4, 0.5) is 0 Å². The van der Waals surface area contributed by atoms with Gasteiger partial charge in [-0.2, -0.15) is 0 Å². The van der Waals surface area contributed by atoms with Crippen molar-refractivity contribution in [2.24, 2.45) is 0 Å². The summed E-state index contributed by atoms with van der Waals surface area (Å²) >= 11 is 0. The van der Waals surface area contributed by atoms with E-state index in [-0.39, 0.29) is 30.0 Å². The van der Waals surface area contributed by atoms with E-state index in [1.54, 1.807) is 32.4 Å². The van der Waals surface area contributed by atoms with Crippen LogP contribution in [0.2, 0.25) is 0 Å². The molecule has 0 aliphatic carbocycles. The number of hydrogen-bond acceptors (Lipinski definition) is 6. The molecule has 0 saturated heterocycles. The maximum absolute atomic E-state index is 13.4. The van der Waals surface area contributed by atoms with Crippen molar-refractivity contribution in [3.63, 3.8) is 0 Å². The lowest BCUT2D eigenvalue weighted by molar-refractivity contribution is -0.121. The first-order valence-electron chi connectivity index (χ1n) is 11.5. The molecule has 0 radical (unpaired) electrons. The van der Waals surface area contributed by atoms with Crippen molar-refractivity contribution < 1.29 is 14.3 Å². The number of aryl methyl sites for hydroxylation is 2. The second-order valence-electron chi connectivity index (χ2n) is 8.40. The molecule has 0 atom stereocenters. The molecule has 9 nitrogen and oxygen atoms in total. The van der Waals surface area contributed by atoms with E-state index in [1.165, 1.54) is 10.8 Å². The number of rotatable bonds is 9. The molecule has 1 N–H and O–H groups in total. The maximum Gasteiger partial charge on any atom is 0.333 e. The zero-order valence-electron chi connectivity index (χ0n) is 20.5. The van der Waals surface area contributed by atoms with Gasteiger partial charge in [0.05, 0.1) is 19.6 Å². The van der Waals surface area contributed by atoms with Gasteiger partial charge in [-0.05, 0) is 48.7 Å². The summed E-state index contributed by atoms with van der Waals surface area (Å²) in [5, 5.41) is 3.11. The van der Waals surface area contributed by atoms with Crippen molar-refractivity contribution in [1.29, 1.82) is 0 Å². The number of methoxy groups -OCH3 is 2. The normalized spacial score (nSPS) is 10.9. The van der Waals surface area contributed by atoms with E-state index in [9.17, 15) is 14.4 Å². The van der Waals surface area contributed by atoms with Crippen LogP contribution in [0.3, 0.4) is 0 Å². The number of nitrogens with zero attached hydrogens (tertiary/aromatic N) is 3. The van der Waals surface area contributed by atoms with Crippen LogP contribution in [0.15, 0.2) is 70.4 Å². The topological polar surface area (TPSA) is 104 Å².